The fraction of sp³-hybridized carbons (Fsp3) is 0.533. The molecule has 1 aliphatic rings. The third-order valence-electron chi connectivity index (χ3n) is 3.16. The van der Waals surface area contributed by atoms with Crippen molar-refractivity contribution in [2.45, 2.75) is 25.8 Å². The summed E-state index contributed by atoms with van der Waals surface area (Å²) >= 11 is 0. The molecule has 0 bridgehead atoms. The summed E-state index contributed by atoms with van der Waals surface area (Å²) in [6, 6.07) is 6.40. The van der Waals surface area contributed by atoms with Crippen molar-refractivity contribution in [3.8, 4) is 5.75 Å². The van der Waals surface area contributed by atoms with Gasteiger partial charge in [0.2, 0.25) is 0 Å². The predicted molar refractivity (Wildman–Crippen MR) is 73.1 cm³/mol. The molecule has 5 heteroatoms. The molecule has 0 N–H and O–H groups in total. The molecule has 0 aromatic heterocycles. The molecular weight excluding hydrogens is 261 g/mol. The molecule has 1 aromatic rings. The lowest BCUT2D eigenvalue weighted by molar-refractivity contribution is -0.144. The Bertz CT molecular complexity index is 431. The quantitative estimate of drug-likeness (QED) is 0.685. The molecule has 1 aromatic carbocycles. The Morgan fingerprint density at radius 3 is 2.65 bits per heavy atom. The SMILES string of the molecule is CCOC(=O)CN(CCOc1ccc(F)cc1)C1CC1. The van der Waals surface area contributed by atoms with Crippen LogP contribution in [-0.4, -0.2) is 43.2 Å². The highest BCUT2D eigenvalue weighted by Crippen LogP contribution is 2.26. The highest BCUT2D eigenvalue weighted by atomic mass is 19.1. The molecule has 0 amide bonds. The summed E-state index contributed by atoms with van der Waals surface area (Å²) in [6.45, 7) is 3.66. The fourth-order valence-corrected chi connectivity index (χ4v) is 2.01. The number of benzene rings is 1. The molecule has 0 unspecified atom stereocenters. The lowest BCUT2D eigenvalue weighted by Gasteiger charge is -2.20. The van der Waals surface area contributed by atoms with Crippen LogP contribution in [0.2, 0.25) is 0 Å². The van der Waals surface area contributed by atoms with Gasteiger partial charge in [-0.3, -0.25) is 9.69 Å². The number of nitrogens with zero attached hydrogens (tertiary/aromatic N) is 1. The molecule has 0 spiro atoms. The van der Waals surface area contributed by atoms with Crippen molar-refractivity contribution in [1.82, 2.24) is 4.90 Å². The van der Waals surface area contributed by atoms with Crippen LogP contribution >= 0.6 is 0 Å². The Hall–Kier alpha value is -1.62. The number of hydrogen-bond acceptors (Lipinski definition) is 4. The normalized spacial score (nSPS) is 14.3. The zero-order valence-electron chi connectivity index (χ0n) is 11.7. The van der Waals surface area contributed by atoms with Gasteiger partial charge in [0.1, 0.15) is 18.2 Å². The van der Waals surface area contributed by atoms with E-state index in [1.165, 1.54) is 12.1 Å². The monoisotopic (exact) mass is 281 g/mol. The van der Waals surface area contributed by atoms with Crippen LogP contribution in [0.15, 0.2) is 24.3 Å². The second kappa shape index (κ2) is 7.24. The first-order chi connectivity index (χ1) is 9.69. The van der Waals surface area contributed by atoms with Crippen LogP contribution in [0.25, 0.3) is 0 Å². The van der Waals surface area contributed by atoms with E-state index in [2.05, 4.69) is 4.90 Å². The molecule has 2 rings (SSSR count). The smallest absolute Gasteiger partial charge is 0.320 e. The zero-order chi connectivity index (χ0) is 14.4. The lowest BCUT2D eigenvalue weighted by Crippen LogP contribution is -2.36. The van der Waals surface area contributed by atoms with E-state index in [4.69, 9.17) is 9.47 Å². The van der Waals surface area contributed by atoms with Gasteiger partial charge in [-0.1, -0.05) is 0 Å². The molecule has 20 heavy (non-hydrogen) atoms. The van der Waals surface area contributed by atoms with E-state index < -0.39 is 0 Å². The van der Waals surface area contributed by atoms with Gasteiger partial charge in [0, 0.05) is 12.6 Å². The number of ether oxygens (including phenoxy) is 2. The van der Waals surface area contributed by atoms with Crippen LogP contribution in [-0.2, 0) is 9.53 Å². The van der Waals surface area contributed by atoms with Crippen molar-refractivity contribution >= 4 is 5.97 Å². The van der Waals surface area contributed by atoms with E-state index in [0.717, 1.165) is 12.8 Å². The summed E-state index contributed by atoms with van der Waals surface area (Å²) in [5.74, 6) is 0.165. The third kappa shape index (κ3) is 4.81. The van der Waals surface area contributed by atoms with Crippen molar-refractivity contribution in [1.29, 1.82) is 0 Å². The Kier molecular flexibility index (Phi) is 5.35. The minimum atomic E-state index is -0.278. The molecule has 0 radical (unpaired) electrons. The largest absolute Gasteiger partial charge is 0.492 e. The Labute approximate surface area is 118 Å². The van der Waals surface area contributed by atoms with Gasteiger partial charge in [0.25, 0.3) is 0 Å². The van der Waals surface area contributed by atoms with Crippen molar-refractivity contribution in [2.75, 3.05) is 26.3 Å². The number of rotatable bonds is 8. The van der Waals surface area contributed by atoms with Crippen LogP contribution in [0, 0.1) is 5.82 Å². The molecule has 1 fully saturated rings. The fourth-order valence-electron chi connectivity index (χ4n) is 2.01. The lowest BCUT2D eigenvalue weighted by atomic mass is 10.3. The molecular formula is C15H20FNO3. The van der Waals surface area contributed by atoms with Crippen LogP contribution < -0.4 is 4.74 Å². The topological polar surface area (TPSA) is 38.8 Å². The number of carbonyl (C=O) groups excluding carboxylic acids is 1. The second-order valence-electron chi connectivity index (χ2n) is 4.81. The van der Waals surface area contributed by atoms with Crippen molar-refractivity contribution in [3.05, 3.63) is 30.1 Å². The molecule has 4 nitrogen and oxygen atoms in total. The zero-order valence-corrected chi connectivity index (χ0v) is 11.7. The maximum atomic E-state index is 12.8. The summed E-state index contributed by atoms with van der Waals surface area (Å²) in [5.41, 5.74) is 0. The predicted octanol–water partition coefficient (Wildman–Crippen LogP) is 2.23. The summed E-state index contributed by atoms with van der Waals surface area (Å²) in [6.07, 6.45) is 2.24. The maximum absolute atomic E-state index is 12.8. The van der Waals surface area contributed by atoms with Gasteiger partial charge < -0.3 is 9.47 Å². The number of esters is 1. The van der Waals surface area contributed by atoms with Crippen molar-refractivity contribution in [2.24, 2.45) is 0 Å². The molecule has 0 saturated heterocycles. The Balaban J connectivity index is 1.74. The van der Waals surface area contributed by atoms with Crippen LogP contribution in [0.1, 0.15) is 19.8 Å². The van der Waals surface area contributed by atoms with E-state index in [0.29, 0.717) is 38.1 Å². The van der Waals surface area contributed by atoms with Crippen LogP contribution in [0.3, 0.4) is 0 Å². The van der Waals surface area contributed by atoms with E-state index in [-0.39, 0.29) is 11.8 Å². The minimum Gasteiger partial charge on any atom is -0.492 e. The first kappa shape index (κ1) is 14.8. The van der Waals surface area contributed by atoms with Crippen LogP contribution in [0.5, 0.6) is 5.75 Å². The van der Waals surface area contributed by atoms with Gasteiger partial charge in [-0.05, 0) is 44.0 Å². The average Bonchev–Trinajstić information content (AvgIpc) is 3.24. The van der Waals surface area contributed by atoms with Gasteiger partial charge >= 0.3 is 5.97 Å². The van der Waals surface area contributed by atoms with E-state index in [1.807, 2.05) is 0 Å². The Morgan fingerprint density at radius 2 is 2.05 bits per heavy atom. The first-order valence-corrected chi connectivity index (χ1v) is 6.97. The minimum absolute atomic E-state index is 0.193. The number of hydrogen-bond donors (Lipinski definition) is 0. The van der Waals surface area contributed by atoms with Crippen molar-refractivity contribution < 1.29 is 18.7 Å². The maximum Gasteiger partial charge on any atom is 0.320 e. The molecule has 0 heterocycles. The third-order valence-corrected chi connectivity index (χ3v) is 3.16. The second-order valence-corrected chi connectivity index (χ2v) is 4.81. The molecule has 1 saturated carbocycles. The molecule has 110 valence electrons. The summed E-state index contributed by atoms with van der Waals surface area (Å²) in [7, 11) is 0. The van der Waals surface area contributed by atoms with Crippen molar-refractivity contribution in [3.63, 3.8) is 0 Å². The standard InChI is InChI=1S/C15H20FNO3/c1-2-19-15(18)11-17(13-5-6-13)9-10-20-14-7-3-12(16)4-8-14/h3-4,7-8,13H,2,5-6,9-11H2,1H3. The van der Waals surface area contributed by atoms with E-state index in [9.17, 15) is 9.18 Å². The summed E-state index contributed by atoms with van der Waals surface area (Å²) in [4.78, 5) is 13.6. The number of carbonyl (C=O) groups is 1. The highest BCUT2D eigenvalue weighted by molar-refractivity contribution is 5.71. The molecule has 1 aliphatic carbocycles. The van der Waals surface area contributed by atoms with Gasteiger partial charge in [-0.25, -0.2) is 4.39 Å². The van der Waals surface area contributed by atoms with Crippen LogP contribution in [0.4, 0.5) is 4.39 Å². The Morgan fingerprint density at radius 1 is 1.35 bits per heavy atom. The van der Waals surface area contributed by atoms with E-state index in [1.54, 1.807) is 19.1 Å². The molecule has 0 atom stereocenters. The van der Waals surface area contributed by atoms with E-state index >= 15 is 0 Å². The van der Waals surface area contributed by atoms with Gasteiger partial charge in [-0.2, -0.15) is 0 Å². The summed E-state index contributed by atoms with van der Waals surface area (Å²) < 4.78 is 23.3. The van der Waals surface area contributed by atoms with Gasteiger partial charge in [0.05, 0.1) is 13.2 Å². The first-order valence-electron chi connectivity index (χ1n) is 6.97. The molecule has 0 aliphatic heterocycles. The summed E-state index contributed by atoms with van der Waals surface area (Å²) in [5, 5.41) is 0. The van der Waals surface area contributed by atoms with Gasteiger partial charge in [0.15, 0.2) is 0 Å². The highest BCUT2D eigenvalue weighted by Gasteiger charge is 2.30. The average molecular weight is 281 g/mol. The number of halogens is 1. The van der Waals surface area contributed by atoms with Gasteiger partial charge in [-0.15, -0.1) is 0 Å².